The summed E-state index contributed by atoms with van der Waals surface area (Å²) in [5, 5.41) is 13.0. The van der Waals surface area contributed by atoms with Gasteiger partial charge in [-0.05, 0) is 18.5 Å². The van der Waals surface area contributed by atoms with Gasteiger partial charge < -0.3 is 10.0 Å². The maximum absolute atomic E-state index is 12.5. The normalized spacial score (nSPS) is 13.1. The van der Waals surface area contributed by atoms with Crippen LogP contribution in [0.15, 0.2) is 0 Å². The lowest BCUT2D eigenvalue weighted by Gasteiger charge is -2.24. The molecule has 0 aliphatic carbocycles. The highest BCUT2D eigenvalue weighted by Gasteiger charge is 2.29. The minimum Gasteiger partial charge on any atom is -0.481 e. The number of aliphatic carboxylic acids is 1. The van der Waals surface area contributed by atoms with Crippen molar-refractivity contribution < 1.29 is 14.7 Å². The summed E-state index contributed by atoms with van der Waals surface area (Å²) in [6, 6.07) is 0. The summed E-state index contributed by atoms with van der Waals surface area (Å²) < 4.78 is 3.87. The Hall–Kier alpha value is -1.50. The Labute approximate surface area is 123 Å². The zero-order chi connectivity index (χ0) is 15.5. The monoisotopic (exact) mass is 299 g/mol. The molecule has 0 saturated carbocycles. The van der Waals surface area contributed by atoms with Crippen molar-refractivity contribution in [2.45, 2.75) is 40.0 Å². The zero-order valence-corrected chi connectivity index (χ0v) is 13.3. The Morgan fingerprint density at radius 1 is 1.40 bits per heavy atom. The standard InChI is InChI=1S/C13H21N3O3S/c1-6-16(7-8(2)12(18)19)11(17)9-10(13(3,4)5)14-15-20-9/h8H,6-7H2,1-5H3,(H,18,19). The molecule has 0 aromatic carbocycles. The first-order valence-corrected chi connectivity index (χ1v) is 7.30. The average molecular weight is 299 g/mol. The molecule has 6 nitrogen and oxygen atoms in total. The zero-order valence-electron chi connectivity index (χ0n) is 12.5. The number of carbonyl (C=O) groups excluding carboxylic acids is 1. The second-order valence-corrected chi connectivity index (χ2v) is 6.54. The van der Waals surface area contributed by atoms with Gasteiger partial charge in [0.05, 0.1) is 11.6 Å². The van der Waals surface area contributed by atoms with E-state index >= 15 is 0 Å². The van der Waals surface area contributed by atoms with Crippen LogP contribution in [0, 0.1) is 5.92 Å². The minimum absolute atomic E-state index is 0.187. The number of carboxylic acid groups (broad SMARTS) is 1. The molecule has 0 bridgehead atoms. The largest absolute Gasteiger partial charge is 0.481 e. The van der Waals surface area contributed by atoms with E-state index in [-0.39, 0.29) is 17.9 Å². The molecule has 0 saturated heterocycles. The number of carboxylic acids is 1. The Kier molecular flexibility index (Phi) is 5.21. The molecule has 1 rings (SSSR count). The number of rotatable bonds is 5. The van der Waals surface area contributed by atoms with Gasteiger partial charge in [-0.3, -0.25) is 9.59 Å². The molecule has 1 unspecified atom stereocenters. The molecule has 1 atom stereocenters. The number of carbonyl (C=O) groups is 2. The molecule has 20 heavy (non-hydrogen) atoms. The molecule has 1 heterocycles. The number of aromatic nitrogens is 2. The first-order valence-electron chi connectivity index (χ1n) is 6.53. The molecule has 0 spiro atoms. The molecule has 7 heteroatoms. The average Bonchev–Trinajstić information content (AvgIpc) is 2.83. The van der Waals surface area contributed by atoms with E-state index in [9.17, 15) is 9.59 Å². The van der Waals surface area contributed by atoms with Crippen molar-refractivity contribution in [1.29, 1.82) is 0 Å². The lowest BCUT2D eigenvalue weighted by Crippen LogP contribution is -2.37. The Balaban J connectivity index is 2.98. The van der Waals surface area contributed by atoms with Gasteiger partial charge in [-0.1, -0.05) is 32.2 Å². The summed E-state index contributed by atoms with van der Waals surface area (Å²) >= 11 is 1.06. The van der Waals surface area contributed by atoms with Crippen LogP contribution in [0.25, 0.3) is 0 Å². The summed E-state index contributed by atoms with van der Waals surface area (Å²) in [6.07, 6.45) is 0. The Morgan fingerprint density at radius 3 is 2.45 bits per heavy atom. The van der Waals surface area contributed by atoms with Crippen LogP contribution < -0.4 is 0 Å². The summed E-state index contributed by atoms with van der Waals surface area (Å²) in [5.41, 5.74) is 0.393. The van der Waals surface area contributed by atoms with E-state index in [1.54, 1.807) is 6.92 Å². The predicted molar refractivity (Wildman–Crippen MR) is 77.0 cm³/mol. The van der Waals surface area contributed by atoms with Gasteiger partial charge in [-0.15, -0.1) is 5.10 Å². The summed E-state index contributed by atoms with van der Waals surface area (Å²) in [7, 11) is 0. The minimum atomic E-state index is -0.908. The smallest absolute Gasteiger partial charge is 0.308 e. The number of hydrogen-bond donors (Lipinski definition) is 1. The molecule has 1 N–H and O–H groups in total. The van der Waals surface area contributed by atoms with Crippen molar-refractivity contribution in [3.63, 3.8) is 0 Å². The van der Waals surface area contributed by atoms with Crippen LogP contribution in [0.1, 0.15) is 50.0 Å². The summed E-state index contributed by atoms with van der Waals surface area (Å²) in [4.78, 5) is 25.5. The van der Waals surface area contributed by atoms with Gasteiger partial charge in [0.1, 0.15) is 4.88 Å². The van der Waals surface area contributed by atoms with E-state index in [2.05, 4.69) is 9.59 Å². The van der Waals surface area contributed by atoms with Crippen LogP contribution in [0.2, 0.25) is 0 Å². The second-order valence-electron chi connectivity index (χ2n) is 5.78. The molecule has 1 aromatic rings. The lowest BCUT2D eigenvalue weighted by atomic mass is 9.91. The highest BCUT2D eigenvalue weighted by Crippen LogP contribution is 2.27. The molecule has 0 aliphatic rings. The first-order chi connectivity index (χ1) is 9.18. The van der Waals surface area contributed by atoms with Crippen molar-refractivity contribution in [1.82, 2.24) is 14.5 Å². The fourth-order valence-corrected chi connectivity index (χ4v) is 2.57. The number of amides is 1. The third kappa shape index (κ3) is 3.75. The highest BCUT2D eigenvalue weighted by atomic mass is 32.1. The topological polar surface area (TPSA) is 83.4 Å². The number of nitrogens with zero attached hydrogens (tertiary/aromatic N) is 3. The SMILES string of the molecule is CCN(CC(C)C(=O)O)C(=O)c1snnc1C(C)(C)C. The van der Waals surface area contributed by atoms with E-state index in [1.807, 2.05) is 27.7 Å². The van der Waals surface area contributed by atoms with Crippen molar-refractivity contribution in [2.75, 3.05) is 13.1 Å². The quantitative estimate of drug-likeness (QED) is 0.899. The van der Waals surface area contributed by atoms with Crippen molar-refractivity contribution in [2.24, 2.45) is 5.92 Å². The molecule has 0 fully saturated rings. The van der Waals surface area contributed by atoms with Crippen LogP contribution in [0.3, 0.4) is 0 Å². The van der Waals surface area contributed by atoms with Gasteiger partial charge in [0.2, 0.25) is 0 Å². The maximum Gasteiger partial charge on any atom is 0.308 e. The van der Waals surface area contributed by atoms with E-state index < -0.39 is 11.9 Å². The van der Waals surface area contributed by atoms with Gasteiger partial charge >= 0.3 is 5.97 Å². The summed E-state index contributed by atoms with van der Waals surface area (Å²) in [6.45, 7) is 9.97. The van der Waals surface area contributed by atoms with Gasteiger partial charge in [-0.2, -0.15) is 0 Å². The van der Waals surface area contributed by atoms with Crippen LogP contribution in [-0.4, -0.2) is 44.6 Å². The predicted octanol–water partition coefficient (Wildman–Crippen LogP) is 2.02. The molecule has 1 amide bonds. The lowest BCUT2D eigenvalue weighted by molar-refractivity contribution is -0.141. The van der Waals surface area contributed by atoms with Crippen LogP contribution in [0.4, 0.5) is 0 Å². The Morgan fingerprint density at radius 2 is 2.00 bits per heavy atom. The van der Waals surface area contributed by atoms with Crippen molar-refractivity contribution >= 4 is 23.4 Å². The van der Waals surface area contributed by atoms with Crippen LogP contribution in [-0.2, 0) is 10.2 Å². The van der Waals surface area contributed by atoms with Gasteiger partial charge in [0, 0.05) is 18.5 Å². The molecular weight excluding hydrogens is 278 g/mol. The van der Waals surface area contributed by atoms with Crippen molar-refractivity contribution in [3.8, 4) is 0 Å². The van der Waals surface area contributed by atoms with E-state index in [4.69, 9.17) is 5.11 Å². The van der Waals surface area contributed by atoms with Gasteiger partial charge in [0.25, 0.3) is 5.91 Å². The third-order valence-electron chi connectivity index (χ3n) is 2.98. The molecule has 0 radical (unpaired) electrons. The third-order valence-corrected chi connectivity index (χ3v) is 3.69. The molecule has 1 aromatic heterocycles. The summed E-state index contributed by atoms with van der Waals surface area (Å²) in [5.74, 6) is -1.70. The highest BCUT2D eigenvalue weighted by molar-refractivity contribution is 7.08. The fraction of sp³-hybridized carbons (Fsp3) is 0.692. The molecule has 0 aliphatic heterocycles. The van der Waals surface area contributed by atoms with Gasteiger partial charge in [-0.25, -0.2) is 0 Å². The maximum atomic E-state index is 12.5. The van der Waals surface area contributed by atoms with E-state index in [1.165, 1.54) is 4.90 Å². The first kappa shape index (κ1) is 16.6. The molecule has 112 valence electrons. The van der Waals surface area contributed by atoms with E-state index in [0.717, 1.165) is 11.5 Å². The van der Waals surface area contributed by atoms with Crippen LogP contribution >= 0.6 is 11.5 Å². The van der Waals surface area contributed by atoms with Crippen molar-refractivity contribution in [3.05, 3.63) is 10.6 Å². The second kappa shape index (κ2) is 6.30. The van der Waals surface area contributed by atoms with Gasteiger partial charge in [0.15, 0.2) is 0 Å². The fourth-order valence-electron chi connectivity index (χ4n) is 1.73. The number of hydrogen-bond acceptors (Lipinski definition) is 5. The van der Waals surface area contributed by atoms with Crippen LogP contribution in [0.5, 0.6) is 0 Å². The molecular formula is C13H21N3O3S. The van der Waals surface area contributed by atoms with E-state index in [0.29, 0.717) is 17.1 Å². The Bertz CT molecular complexity index is 493.